The Kier molecular flexibility index (Phi) is 3.12. The van der Waals surface area contributed by atoms with Gasteiger partial charge in [0.2, 0.25) is 0 Å². The molecule has 0 N–H and O–H groups in total. The summed E-state index contributed by atoms with van der Waals surface area (Å²) < 4.78 is 10.6. The van der Waals surface area contributed by atoms with E-state index in [1.807, 2.05) is 0 Å². The molecule has 1 aliphatic heterocycles. The van der Waals surface area contributed by atoms with Crippen LogP contribution in [0.4, 0.5) is 0 Å². The fraction of sp³-hybridized carbons (Fsp3) is 0.500. The maximum Gasteiger partial charge on any atom is 0.167 e. The van der Waals surface area contributed by atoms with Crippen LogP contribution >= 0.6 is 11.8 Å². The molecule has 1 aromatic rings. The Balaban J connectivity index is 1.79. The Morgan fingerprint density at radius 2 is 2.23 bits per heavy atom. The zero-order valence-electron chi connectivity index (χ0n) is 7.05. The Morgan fingerprint density at radius 3 is 2.92 bits per heavy atom. The van der Waals surface area contributed by atoms with Gasteiger partial charge in [0.15, 0.2) is 6.29 Å². The van der Waals surface area contributed by atoms with Crippen molar-refractivity contribution in [2.45, 2.75) is 11.3 Å². The molecule has 0 aromatic carbocycles. The van der Waals surface area contributed by atoms with Crippen LogP contribution in [0.5, 0.6) is 0 Å². The number of hydrogen-bond acceptors (Lipinski definition) is 5. The second-order valence-electron chi connectivity index (χ2n) is 2.53. The summed E-state index contributed by atoms with van der Waals surface area (Å²) in [7, 11) is 0. The zero-order valence-corrected chi connectivity index (χ0v) is 7.87. The molecular weight excluding hydrogens is 188 g/mol. The van der Waals surface area contributed by atoms with Crippen LogP contribution in [0.2, 0.25) is 0 Å². The van der Waals surface area contributed by atoms with Crippen molar-refractivity contribution < 1.29 is 9.47 Å². The van der Waals surface area contributed by atoms with Gasteiger partial charge in [0, 0.05) is 12.4 Å². The van der Waals surface area contributed by atoms with E-state index in [0.717, 1.165) is 10.8 Å². The molecule has 0 bridgehead atoms. The Morgan fingerprint density at radius 1 is 1.38 bits per heavy atom. The van der Waals surface area contributed by atoms with E-state index in [1.165, 1.54) is 0 Å². The maximum atomic E-state index is 5.28. The lowest BCUT2D eigenvalue weighted by molar-refractivity contribution is -0.0214. The van der Waals surface area contributed by atoms with Crippen LogP contribution in [0.3, 0.4) is 0 Å². The molecule has 1 aliphatic rings. The number of aromatic nitrogens is 2. The lowest BCUT2D eigenvalue weighted by atomic mass is 10.8. The summed E-state index contributed by atoms with van der Waals surface area (Å²) in [6, 6.07) is 0. The minimum absolute atomic E-state index is 0.0768. The first-order valence-corrected chi connectivity index (χ1v) is 5.06. The fourth-order valence-electron chi connectivity index (χ4n) is 1.02. The predicted molar refractivity (Wildman–Crippen MR) is 48.4 cm³/mol. The summed E-state index contributed by atoms with van der Waals surface area (Å²) in [5, 5.41) is 0.904. The smallest absolute Gasteiger partial charge is 0.167 e. The Labute approximate surface area is 80.7 Å². The van der Waals surface area contributed by atoms with Gasteiger partial charge in [-0.1, -0.05) is 11.8 Å². The lowest BCUT2D eigenvalue weighted by Crippen LogP contribution is -2.10. The highest BCUT2D eigenvalue weighted by atomic mass is 32.2. The number of ether oxygens (including phenoxy) is 2. The second kappa shape index (κ2) is 4.55. The van der Waals surface area contributed by atoms with Crippen LogP contribution in [0.15, 0.2) is 23.6 Å². The van der Waals surface area contributed by atoms with Gasteiger partial charge in [-0.15, -0.1) is 0 Å². The van der Waals surface area contributed by atoms with Gasteiger partial charge in [0.1, 0.15) is 5.03 Å². The van der Waals surface area contributed by atoms with Crippen LogP contribution in [0, 0.1) is 0 Å². The molecule has 0 radical (unpaired) electrons. The topological polar surface area (TPSA) is 44.2 Å². The molecule has 2 heterocycles. The number of nitrogens with zero attached hydrogens (tertiary/aromatic N) is 2. The highest BCUT2D eigenvalue weighted by Crippen LogP contribution is 2.17. The first kappa shape index (κ1) is 8.93. The maximum absolute atomic E-state index is 5.28. The number of thioether (sulfide) groups is 1. The molecular formula is C8H10N2O2S. The van der Waals surface area contributed by atoms with Crippen LogP contribution in [0.1, 0.15) is 0 Å². The van der Waals surface area contributed by atoms with E-state index in [1.54, 1.807) is 30.4 Å². The minimum atomic E-state index is -0.0768. The normalized spacial score (nSPS) is 17.8. The highest BCUT2D eigenvalue weighted by molar-refractivity contribution is 7.99. The molecule has 70 valence electrons. The zero-order chi connectivity index (χ0) is 8.93. The van der Waals surface area contributed by atoms with Gasteiger partial charge in [-0.2, -0.15) is 0 Å². The van der Waals surface area contributed by atoms with Gasteiger partial charge in [-0.05, 0) is 0 Å². The van der Waals surface area contributed by atoms with E-state index in [-0.39, 0.29) is 6.29 Å². The van der Waals surface area contributed by atoms with Gasteiger partial charge in [0.05, 0.1) is 25.2 Å². The van der Waals surface area contributed by atoms with Crippen molar-refractivity contribution in [3.05, 3.63) is 18.6 Å². The Hall–Kier alpha value is -0.650. The van der Waals surface area contributed by atoms with Gasteiger partial charge >= 0.3 is 0 Å². The van der Waals surface area contributed by atoms with Crippen molar-refractivity contribution in [3.8, 4) is 0 Å². The first-order valence-electron chi connectivity index (χ1n) is 4.07. The van der Waals surface area contributed by atoms with E-state index in [4.69, 9.17) is 9.47 Å². The summed E-state index contributed by atoms with van der Waals surface area (Å²) in [4.78, 5) is 8.09. The molecule has 4 nitrogen and oxygen atoms in total. The summed E-state index contributed by atoms with van der Waals surface area (Å²) in [5.74, 6) is 0.776. The third-order valence-electron chi connectivity index (χ3n) is 1.60. The second-order valence-corrected chi connectivity index (χ2v) is 3.57. The van der Waals surface area contributed by atoms with Crippen LogP contribution in [-0.2, 0) is 9.47 Å². The van der Waals surface area contributed by atoms with Gasteiger partial charge in [-0.25, -0.2) is 4.98 Å². The Bertz CT molecular complexity index is 252. The van der Waals surface area contributed by atoms with Gasteiger partial charge in [-0.3, -0.25) is 4.98 Å². The number of rotatable bonds is 3. The van der Waals surface area contributed by atoms with Crippen molar-refractivity contribution >= 4 is 11.8 Å². The molecule has 2 rings (SSSR count). The van der Waals surface area contributed by atoms with E-state index in [2.05, 4.69) is 9.97 Å². The fourth-order valence-corrected chi connectivity index (χ4v) is 1.79. The van der Waals surface area contributed by atoms with Crippen molar-refractivity contribution in [3.63, 3.8) is 0 Å². The first-order chi connectivity index (χ1) is 6.45. The van der Waals surface area contributed by atoms with Crippen molar-refractivity contribution in [2.75, 3.05) is 19.0 Å². The van der Waals surface area contributed by atoms with Crippen LogP contribution in [0.25, 0.3) is 0 Å². The molecule has 0 unspecified atom stereocenters. The van der Waals surface area contributed by atoms with E-state index in [0.29, 0.717) is 13.2 Å². The third kappa shape index (κ3) is 2.65. The molecule has 0 saturated carbocycles. The average Bonchev–Trinajstić information content (AvgIpc) is 2.69. The monoisotopic (exact) mass is 198 g/mol. The van der Waals surface area contributed by atoms with Crippen LogP contribution in [-0.4, -0.2) is 35.2 Å². The van der Waals surface area contributed by atoms with Crippen molar-refractivity contribution in [2.24, 2.45) is 0 Å². The highest BCUT2D eigenvalue weighted by Gasteiger charge is 2.15. The van der Waals surface area contributed by atoms with Gasteiger partial charge < -0.3 is 9.47 Å². The average molecular weight is 198 g/mol. The molecule has 0 spiro atoms. The summed E-state index contributed by atoms with van der Waals surface area (Å²) in [6.07, 6.45) is 5.00. The quantitative estimate of drug-likeness (QED) is 0.676. The molecule has 5 heteroatoms. The molecule has 0 aliphatic carbocycles. The summed E-state index contributed by atoms with van der Waals surface area (Å²) in [5.41, 5.74) is 0. The van der Waals surface area contributed by atoms with Crippen molar-refractivity contribution in [1.82, 2.24) is 9.97 Å². The van der Waals surface area contributed by atoms with E-state index < -0.39 is 0 Å². The van der Waals surface area contributed by atoms with Gasteiger partial charge in [0.25, 0.3) is 0 Å². The minimum Gasteiger partial charge on any atom is -0.349 e. The summed E-state index contributed by atoms with van der Waals surface area (Å²) >= 11 is 1.59. The SMILES string of the molecule is c1cnc(SCC2OCCO2)cn1. The molecule has 0 amide bonds. The lowest BCUT2D eigenvalue weighted by Gasteiger charge is -2.06. The van der Waals surface area contributed by atoms with Crippen LogP contribution < -0.4 is 0 Å². The standard InChI is InChI=1S/C8H10N2O2S/c1-2-10-7(5-9-1)13-6-8-11-3-4-12-8/h1-2,5,8H,3-4,6H2. The molecule has 1 aromatic heterocycles. The number of hydrogen-bond donors (Lipinski definition) is 0. The molecule has 1 saturated heterocycles. The van der Waals surface area contributed by atoms with Crippen molar-refractivity contribution in [1.29, 1.82) is 0 Å². The molecule has 1 fully saturated rings. The van der Waals surface area contributed by atoms with E-state index >= 15 is 0 Å². The largest absolute Gasteiger partial charge is 0.349 e. The summed E-state index contributed by atoms with van der Waals surface area (Å²) in [6.45, 7) is 1.40. The molecule has 13 heavy (non-hydrogen) atoms. The third-order valence-corrected chi connectivity index (χ3v) is 2.54. The van der Waals surface area contributed by atoms with E-state index in [9.17, 15) is 0 Å². The predicted octanol–water partition coefficient (Wildman–Crippen LogP) is 0.942. The molecule has 0 atom stereocenters.